The van der Waals surface area contributed by atoms with E-state index in [4.69, 9.17) is 0 Å². The van der Waals surface area contributed by atoms with Gasteiger partial charge in [-0.3, -0.25) is 9.59 Å². The number of anilines is 1. The van der Waals surface area contributed by atoms with Crippen LogP contribution >= 0.6 is 0 Å². The summed E-state index contributed by atoms with van der Waals surface area (Å²) >= 11 is 0. The summed E-state index contributed by atoms with van der Waals surface area (Å²) in [6.07, 6.45) is 3.11. The molecule has 0 bridgehead atoms. The maximum atomic E-state index is 12.7. The molecule has 1 aromatic rings. The quantitative estimate of drug-likeness (QED) is 0.860. The zero-order valence-corrected chi connectivity index (χ0v) is 14.3. The number of hydrogen-bond acceptors (Lipinski definition) is 2. The summed E-state index contributed by atoms with van der Waals surface area (Å²) in [4.78, 5) is 28.8. The van der Waals surface area contributed by atoms with Crippen molar-refractivity contribution in [3.05, 3.63) is 29.8 Å². The Kier molecular flexibility index (Phi) is 4.42. The van der Waals surface area contributed by atoms with Gasteiger partial charge in [-0.2, -0.15) is 0 Å². The van der Waals surface area contributed by atoms with E-state index in [1.165, 1.54) is 5.56 Å². The summed E-state index contributed by atoms with van der Waals surface area (Å²) < 4.78 is 0. The average Bonchev–Trinajstić information content (AvgIpc) is 2.48. The van der Waals surface area contributed by atoms with Crippen LogP contribution in [0.3, 0.4) is 0 Å². The van der Waals surface area contributed by atoms with Crippen molar-refractivity contribution in [3.63, 3.8) is 0 Å². The molecule has 0 aromatic heterocycles. The molecule has 124 valence electrons. The summed E-state index contributed by atoms with van der Waals surface area (Å²) in [5, 5.41) is 0. The van der Waals surface area contributed by atoms with Crippen molar-refractivity contribution in [2.45, 2.75) is 52.0 Å². The first kappa shape index (κ1) is 16.0. The van der Waals surface area contributed by atoms with Crippen molar-refractivity contribution in [2.24, 2.45) is 5.92 Å². The molecule has 2 fully saturated rings. The molecule has 0 spiro atoms. The van der Waals surface area contributed by atoms with Crippen LogP contribution in [0.4, 0.5) is 5.69 Å². The Balaban J connectivity index is 1.71. The highest BCUT2D eigenvalue weighted by molar-refractivity contribution is 6.00. The molecule has 0 unspecified atom stereocenters. The van der Waals surface area contributed by atoms with E-state index in [1.54, 1.807) is 4.90 Å². The van der Waals surface area contributed by atoms with Crippen LogP contribution in [0.15, 0.2) is 24.3 Å². The Labute approximate surface area is 138 Å². The highest BCUT2D eigenvalue weighted by atomic mass is 16.2. The standard InChI is InChI=1S/C19H26N2O2/c1-13(2)15-7-9-17(10-8-15)21-12-11-20(14(3)18(21)22)19(23)16-5-4-6-16/h7-10,13-14,16H,4-6,11-12H2,1-3H3/t14-/m1/s1. The zero-order chi connectivity index (χ0) is 16.6. The molecule has 2 aliphatic rings. The Bertz CT molecular complexity index is 590. The third-order valence-electron chi connectivity index (χ3n) is 5.26. The highest BCUT2D eigenvalue weighted by Gasteiger charge is 2.38. The van der Waals surface area contributed by atoms with Gasteiger partial charge in [0.2, 0.25) is 11.8 Å². The SMILES string of the molecule is CC(C)c1ccc(N2CCN(C(=O)C3CCC3)[C@H](C)C2=O)cc1. The van der Waals surface area contributed by atoms with Gasteiger partial charge < -0.3 is 9.80 Å². The molecule has 23 heavy (non-hydrogen) atoms. The van der Waals surface area contributed by atoms with Crippen molar-refractivity contribution < 1.29 is 9.59 Å². The van der Waals surface area contributed by atoms with Crippen molar-refractivity contribution in [1.82, 2.24) is 4.90 Å². The van der Waals surface area contributed by atoms with E-state index in [1.807, 2.05) is 24.0 Å². The van der Waals surface area contributed by atoms with Crippen molar-refractivity contribution in [1.29, 1.82) is 0 Å². The normalized spacial score (nSPS) is 22.4. The number of nitrogens with zero attached hydrogens (tertiary/aromatic N) is 2. The number of carbonyl (C=O) groups is 2. The zero-order valence-electron chi connectivity index (χ0n) is 14.3. The third-order valence-corrected chi connectivity index (χ3v) is 5.26. The van der Waals surface area contributed by atoms with Gasteiger partial charge in [0, 0.05) is 24.7 Å². The van der Waals surface area contributed by atoms with Gasteiger partial charge in [0.1, 0.15) is 6.04 Å². The van der Waals surface area contributed by atoms with Gasteiger partial charge in [0.25, 0.3) is 0 Å². The summed E-state index contributed by atoms with van der Waals surface area (Å²) in [5.41, 5.74) is 2.20. The minimum atomic E-state index is -0.360. The van der Waals surface area contributed by atoms with Gasteiger partial charge in [0.05, 0.1) is 0 Å². The Morgan fingerprint density at radius 3 is 2.30 bits per heavy atom. The van der Waals surface area contributed by atoms with E-state index in [9.17, 15) is 9.59 Å². The molecular formula is C19H26N2O2. The Hall–Kier alpha value is -1.84. The van der Waals surface area contributed by atoms with E-state index in [0.29, 0.717) is 19.0 Å². The first-order valence-corrected chi connectivity index (χ1v) is 8.71. The lowest BCUT2D eigenvalue weighted by molar-refractivity contribution is -0.146. The largest absolute Gasteiger partial charge is 0.329 e. The van der Waals surface area contributed by atoms with Gasteiger partial charge in [0.15, 0.2) is 0 Å². The molecule has 1 saturated heterocycles. The maximum Gasteiger partial charge on any atom is 0.249 e. The summed E-state index contributed by atoms with van der Waals surface area (Å²) in [5.74, 6) is 0.839. The van der Waals surface area contributed by atoms with Gasteiger partial charge in [-0.1, -0.05) is 32.4 Å². The van der Waals surface area contributed by atoms with Gasteiger partial charge in [-0.25, -0.2) is 0 Å². The van der Waals surface area contributed by atoms with Crippen LogP contribution in [-0.2, 0) is 9.59 Å². The van der Waals surface area contributed by atoms with Gasteiger partial charge in [-0.15, -0.1) is 0 Å². The van der Waals surface area contributed by atoms with Crippen LogP contribution in [0.5, 0.6) is 0 Å². The number of carbonyl (C=O) groups excluding carboxylic acids is 2. The summed E-state index contributed by atoms with van der Waals surface area (Å²) in [6.45, 7) is 7.39. The highest BCUT2D eigenvalue weighted by Crippen LogP contribution is 2.30. The molecule has 4 nitrogen and oxygen atoms in total. The van der Waals surface area contributed by atoms with E-state index in [-0.39, 0.29) is 23.8 Å². The molecule has 1 saturated carbocycles. The lowest BCUT2D eigenvalue weighted by Crippen LogP contribution is -2.59. The van der Waals surface area contributed by atoms with Crippen LogP contribution < -0.4 is 4.90 Å². The van der Waals surface area contributed by atoms with Crippen LogP contribution in [0.25, 0.3) is 0 Å². The fraction of sp³-hybridized carbons (Fsp3) is 0.579. The van der Waals surface area contributed by atoms with Crippen LogP contribution in [-0.4, -0.2) is 35.8 Å². The predicted molar refractivity (Wildman–Crippen MR) is 91.4 cm³/mol. The average molecular weight is 314 g/mol. The summed E-state index contributed by atoms with van der Waals surface area (Å²) in [7, 11) is 0. The van der Waals surface area contributed by atoms with E-state index in [2.05, 4.69) is 26.0 Å². The molecule has 1 aromatic carbocycles. The van der Waals surface area contributed by atoms with Crippen LogP contribution in [0, 0.1) is 5.92 Å². The molecule has 1 heterocycles. The fourth-order valence-corrected chi connectivity index (χ4v) is 3.36. The number of amides is 2. The fourth-order valence-electron chi connectivity index (χ4n) is 3.36. The van der Waals surface area contributed by atoms with Crippen molar-refractivity contribution in [3.8, 4) is 0 Å². The smallest absolute Gasteiger partial charge is 0.249 e. The van der Waals surface area contributed by atoms with E-state index in [0.717, 1.165) is 24.9 Å². The third kappa shape index (κ3) is 2.99. The minimum Gasteiger partial charge on any atom is -0.329 e. The monoisotopic (exact) mass is 314 g/mol. The first-order chi connectivity index (χ1) is 11.0. The number of hydrogen-bond donors (Lipinski definition) is 0. The van der Waals surface area contributed by atoms with E-state index < -0.39 is 0 Å². The summed E-state index contributed by atoms with van der Waals surface area (Å²) in [6, 6.07) is 7.85. The van der Waals surface area contributed by atoms with Gasteiger partial charge in [-0.05, 0) is 43.4 Å². The van der Waals surface area contributed by atoms with Crippen molar-refractivity contribution >= 4 is 17.5 Å². The number of rotatable bonds is 3. The number of piperazine rings is 1. The van der Waals surface area contributed by atoms with Gasteiger partial charge >= 0.3 is 0 Å². The molecule has 3 rings (SSSR count). The van der Waals surface area contributed by atoms with Crippen LogP contribution in [0.2, 0.25) is 0 Å². The van der Waals surface area contributed by atoms with Crippen molar-refractivity contribution in [2.75, 3.05) is 18.0 Å². The molecule has 2 amide bonds. The Morgan fingerprint density at radius 2 is 1.78 bits per heavy atom. The maximum absolute atomic E-state index is 12.7. The molecule has 1 aliphatic heterocycles. The second-order valence-corrected chi connectivity index (χ2v) is 7.07. The molecule has 1 atom stereocenters. The second kappa shape index (κ2) is 6.34. The van der Waals surface area contributed by atoms with Crippen LogP contribution in [0.1, 0.15) is 51.5 Å². The second-order valence-electron chi connectivity index (χ2n) is 7.07. The predicted octanol–water partition coefficient (Wildman–Crippen LogP) is 3.17. The topological polar surface area (TPSA) is 40.6 Å². The minimum absolute atomic E-state index is 0.0289. The lowest BCUT2D eigenvalue weighted by atomic mass is 9.84. The molecule has 0 N–H and O–H groups in total. The number of benzene rings is 1. The first-order valence-electron chi connectivity index (χ1n) is 8.71. The van der Waals surface area contributed by atoms with E-state index >= 15 is 0 Å². The molecular weight excluding hydrogens is 288 g/mol. The molecule has 1 aliphatic carbocycles. The Morgan fingerprint density at radius 1 is 1.13 bits per heavy atom. The molecule has 4 heteroatoms. The lowest BCUT2D eigenvalue weighted by Gasteiger charge is -2.41. The molecule has 0 radical (unpaired) electrons.